The van der Waals surface area contributed by atoms with Crippen LogP contribution in [0.1, 0.15) is 38.5 Å². The lowest BCUT2D eigenvalue weighted by Crippen LogP contribution is -2.51. The zero-order chi connectivity index (χ0) is 12.9. The molecule has 1 unspecified atom stereocenters. The Morgan fingerprint density at radius 1 is 0.947 bits per heavy atom. The van der Waals surface area contributed by atoms with Crippen LogP contribution in [0.4, 0.5) is 0 Å². The molecular weight excluding hydrogens is 275 g/mol. The van der Waals surface area contributed by atoms with E-state index in [1.54, 1.807) is 0 Å². The van der Waals surface area contributed by atoms with Gasteiger partial charge in [-0.15, -0.1) is 0 Å². The molecular formula is C16H20ClOP. The number of rotatable bonds is 3. The summed E-state index contributed by atoms with van der Waals surface area (Å²) >= 11 is 6.58. The van der Waals surface area contributed by atoms with Gasteiger partial charge in [0.2, 0.25) is 0 Å². The van der Waals surface area contributed by atoms with Crippen LogP contribution in [-0.2, 0) is 4.52 Å². The maximum absolute atomic E-state index is 6.58. The molecule has 1 aromatic rings. The van der Waals surface area contributed by atoms with Crippen molar-refractivity contribution in [3.63, 3.8) is 0 Å². The van der Waals surface area contributed by atoms with Crippen molar-refractivity contribution in [2.24, 2.45) is 17.8 Å². The maximum Gasteiger partial charge on any atom is 0.157 e. The summed E-state index contributed by atoms with van der Waals surface area (Å²) < 4.78 is 6.47. The quantitative estimate of drug-likeness (QED) is 0.724. The highest BCUT2D eigenvalue weighted by Crippen LogP contribution is 2.61. The average molecular weight is 295 g/mol. The van der Waals surface area contributed by atoms with E-state index in [-0.39, 0.29) is 5.60 Å². The second-order valence-corrected chi connectivity index (χ2v) is 8.88. The molecule has 0 radical (unpaired) electrons. The van der Waals surface area contributed by atoms with Crippen molar-refractivity contribution in [2.75, 3.05) is 0 Å². The summed E-state index contributed by atoms with van der Waals surface area (Å²) in [6, 6.07) is 10.3. The SMILES string of the molecule is ClP(OC12CC3CC(CC(C3)C1)C2)c1ccccc1. The van der Waals surface area contributed by atoms with Gasteiger partial charge in [0.15, 0.2) is 7.50 Å². The molecule has 4 bridgehead atoms. The summed E-state index contributed by atoms with van der Waals surface area (Å²) in [6.07, 6.45) is 8.14. The van der Waals surface area contributed by atoms with E-state index >= 15 is 0 Å². The first kappa shape index (κ1) is 12.6. The number of hydrogen-bond acceptors (Lipinski definition) is 1. The third-order valence-electron chi connectivity index (χ3n) is 5.22. The minimum Gasteiger partial charge on any atom is -0.333 e. The van der Waals surface area contributed by atoms with Gasteiger partial charge in [-0.2, -0.15) is 0 Å². The lowest BCUT2D eigenvalue weighted by Gasteiger charge is -2.56. The van der Waals surface area contributed by atoms with Gasteiger partial charge in [0.05, 0.1) is 5.60 Å². The summed E-state index contributed by atoms with van der Waals surface area (Å²) in [4.78, 5) is 0. The van der Waals surface area contributed by atoms with Crippen LogP contribution >= 0.6 is 18.7 Å². The van der Waals surface area contributed by atoms with Crippen molar-refractivity contribution in [3.8, 4) is 0 Å². The molecule has 3 heteroatoms. The Hall–Kier alpha value is -0.100. The molecule has 0 spiro atoms. The molecule has 4 aliphatic rings. The molecule has 1 nitrogen and oxygen atoms in total. The fourth-order valence-corrected chi connectivity index (χ4v) is 6.76. The highest BCUT2D eigenvalue weighted by atomic mass is 35.7. The second-order valence-electron chi connectivity index (χ2n) is 6.77. The van der Waals surface area contributed by atoms with Crippen molar-refractivity contribution >= 4 is 24.0 Å². The van der Waals surface area contributed by atoms with E-state index in [1.165, 1.54) is 38.5 Å². The van der Waals surface area contributed by atoms with Gasteiger partial charge in [0.25, 0.3) is 0 Å². The van der Waals surface area contributed by atoms with Gasteiger partial charge < -0.3 is 4.52 Å². The van der Waals surface area contributed by atoms with Crippen molar-refractivity contribution < 1.29 is 4.52 Å². The molecule has 4 aliphatic carbocycles. The first-order valence-electron chi connectivity index (χ1n) is 7.42. The van der Waals surface area contributed by atoms with Crippen LogP contribution < -0.4 is 5.30 Å². The van der Waals surface area contributed by atoms with Crippen LogP contribution in [0.3, 0.4) is 0 Å². The Bertz CT molecular complexity index is 426. The maximum atomic E-state index is 6.58. The van der Waals surface area contributed by atoms with E-state index in [1.807, 2.05) is 6.07 Å². The molecule has 0 N–H and O–H groups in total. The molecule has 0 saturated heterocycles. The zero-order valence-electron chi connectivity index (χ0n) is 11.1. The molecule has 0 aliphatic heterocycles. The topological polar surface area (TPSA) is 9.23 Å². The first-order chi connectivity index (χ1) is 9.22. The lowest BCUT2D eigenvalue weighted by molar-refractivity contribution is -0.101. The molecule has 4 fully saturated rings. The second kappa shape index (κ2) is 4.72. The molecule has 19 heavy (non-hydrogen) atoms. The molecule has 0 heterocycles. The summed E-state index contributed by atoms with van der Waals surface area (Å²) in [5, 5.41) is 1.16. The van der Waals surface area contributed by atoms with Crippen molar-refractivity contribution in [3.05, 3.63) is 30.3 Å². The van der Waals surface area contributed by atoms with Gasteiger partial charge in [-0.3, -0.25) is 0 Å². The van der Waals surface area contributed by atoms with Crippen LogP contribution in [0.15, 0.2) is 30.3 Å². The Labute approximate surface area is 121 Å². The monoisotopic (exact) mass is 294 g/mol. The average Bonchev–Trinajstić information content (AvgIpc) is 2.37. The molecule has 1 aromatic carbocycles. The Morgan fingerprint density at radius 2 is 1.47 bits per heavy atom. The van der Waals surface area contributed by atoms with Crippen LogP contribution in [0, 0.1) is 17.8 Å². The van der Waals surface area contributed by atoms with E-state index in [4.69, 9.17) is 15.8 Å². The first-order valence-corrected chi connectivity index (χ1v) is 9.59. The van der Waals surface area contributed by atoms with Gasteiger partial charge in [0.1, 0.15) is 0 Å². The van der Waals surface area contributed by atoms with Gasteiger partial charge in [-0.25, -0.2) is 0 Å². The van der Waals surface area contributed by atoms with Crippen LogP contribution in [0.5, 0.6) is 0 Å². The van der Waals surface area contributed by atoms with E-state index in [0.29, 0.717) is 0 Å². The van der Waals surface area contributed by atoms with Gasteiger partial charge in [0, 0.05) is 5.30 Å². The van der Waals surface area contributed by atoms with Gasteiger partial charge in [-0.05, 0) is 56.3 Å². The normalized spacial score (nSPS) is 41.4. The number of benzene rings is 1. The highest BCUT2D eigenvalue weighted by molar-refractivity contribution is 7.86. The van der Waals surface area contributed by atoms with Gasteiger partial charge >= 0.3 is 0 Å². The minimum absolute atomic E-state index is 0.123. The molecule has 0 amide bonds. The molecule has 102 valence electrons. The molecule has 1 atom stereocenters. The fourth-order valence-electron chi connectivity index (χ4n) is 4.91. The number of hydrogen-bond donors (Lipinski definition) is 0. The van der Waals surface area contributed by atoms with E-state index in [0.717, 1.165) is 23.1 Å². The number of halogens is 1. The van der Waals surface area contributed by atoms with Crippen molar-refractivity contribution in [2.45, 2.75) is 44.1 Å². The Morgan fingerprint density at radius 3 is 2.00 bits per heavy atom. The smallest absolute Gasteiger partial charge is 0.157 e. The zero-order valence-corrected chi connectivity index (χ0v) is 12.7. The predicted molar refractivity (Wildman–Crippen MR) is 80.8 cm³/mol. The third-order valence-corrected chi connectivity index (χ3v) is 7.26. The van der Waals surface area contributed by atoms with Crippen LogP contribution in [0.25, 0.3) is 0 Å². The summed E-state index contributed by atoms with van der Waals surface area (Å²) in [7, 11) is -0.964. The minimum atomic E-state index is -0.964. The highest BCUT2D eigenvalue weighted by Gasteiger charge is 2.52. The standard InChI is InChI=1S/C16H20ClOP/c17-19(15-4-2-1-3-5-15)18-16-9-12-6-13(10-16)8-14(7-12)11-16/h1-5,12-14H,6-11H2. The Kier molecular flexibility index (Phi) is 3.14. The van der Waals surface area contributed by atoms with Crippen LogP contribution in [-0.4, -0.2) is 5.60 Å². The predicted octanol–water partition coefficient (Wildman–Crippen LogP) is 4.85. The third kappa shape index (κ3) is 2.35. The largest absolute Gasteiger partial charge is 0.333 e. The lowest BCUT2D eigenvalue weighted by atomic mass is 9.54. The van der Waals surface area contributed by atoms with E-state index < -0.39 is 7.50 Å². The molecule has 5 rings (SSSR count). The summed E-state index contributed by atoms with van der Waals surface area (Å²) in [6.45, 7) is 0. The summed E-state index contributed by atoms with van der Waals surface area (Å²) in [5.41, 5.74) is 0.123. The van der Waals surface area contributed by atoms with E-state index in [9.17, 15) is 0 Å². The summed E-state index contributed by atoms with van der Waals surface area (Å²) in [5.74, 6) is 2.76. The molecule has 0 aromatic heterocycles. The van der Waals surface area contributed by atoms with Crippen molar-refractivity contribution in [1.82, 2.24) is 0 Å². The van der Waals surface area contributed by atoms with E-state index in [2.05, 4.69) is 24.3 Å². The van der Waals surface area contributed by atoms with Crippen LogP contribution in [0.2, 0.25) is 0 Å². The van der Waals surface area contributed by atoms with Gasteiger partial charge in [-0.1, -0.05) is 41.6 Å². The fraction of sp³-hybridized carbons (Fsp3) is 0.625. The Balaban J connectivity index is 1.53. The molecule has 4 saturated carbocycles. The van der Waals surface area contributed by atoms with Crippen molar-refractivity contribution in [1.29, 1.82) is 0 Å².